The number of benzene rings is 1. The second kappa shape index (κ2) is 20.1. The number of nitrogens with one attached hydrogen (secondary N) is 1. The first-order valence-electron chi connectivity index (χ1n) is 25.2. The van der Waals surface area contributed by atoms with Crippen LogP contribution in [0.2, 0.25) is 0 Å². The van der Waals surface area contributed by atoms with Crippen molar-refractivity contribution in [1.29, 1.82) is 0 Å². The van der Waals surface area contributed by atoms with Crippen molar-refractivity contribution < 1.29 is 29.3 Å². The minimum absolute atomic E-state index is 0.0340. The molecule has 1 aromatic carbocycles. The SMILES string of the molecule is CC(=O)O[C@@H]1CCc2cc(c(O)c3c2CC[C@@H]2CCC[C@@H]2O3)CN2C[C@](Cc3ccnc(N)c3)(CCN=C(N)N[C@@]3(CCCC34CCCC4)SSC3CCC(CC3)CC[C@H](O)C1)CC2=O. The molecule has 0 radical (unpaired) electrons. The van der Waals surface area contributed by atoms with Crippen molar-refractivity contribution >= 4 is 45.2 Å². The van der Waals surface area contributed by atoms with Crippen LogP contribution in [0.15, 0.2) is 29.4 Å². The minimum atomic E-state index is -0.566. The molecule has 14 heteroatoms. The summed E-state index contributed by atoms with van der Waals surface area (Å²) in [5.74, 6) is 2.34. The average molecular weight is 931 g/mol. The Morgan fingerprint density at radius 2 is 1.75 bits per heavy atom. The van der Waals surface area contributed by atoms with Crippen molar-refractivity contribution in [2.75, 3.05) is 18.8 Å². The van der Waals surface area contributed by atoms with Crippen molar-refractivity contribution in [2.24, 2.45) is 33.4 Å². The van der Waals surface area contributed by atoms with Crippen molar-refractivity contribution in [1.82, 2.24) is 15.2 Å². The Balaban J connectivity index is 1.04. The Hall–Kier alpha value is -3.36. The number of nitrogen functional groups attached to an aromatic ring is 1. The summed E-state index contributed by atoms with van der Waals surface area (Å²) in [6.45, 7) is 2.66. The lowest BCUT2D eigenvalue weighted by atomic mass is 9.78. The van der Waals surface area contributed by atoms with Gasteiger partial charge in [-0.2, -0.15) is 0 Å². The number of aliphatic imine (C=N–C) groups is 1. The second-order valence-electron chi connectivity index (χ2n) is 21.3. The molecule has 7 N–H and O–H groups in total. The lowest BCUT2D eigenvalue weighted by Gasteiger charge is -2.45. The Morgan fingerprint density at radius 1 is 0.954 bits per heavy atom. The molecule has 1 amide bonds. The third-order valence-corrected chi connectivity index (χ3v) is 20.7. The Labute approximate surface area is 394 Å². The Bertz CT molecular complexity index is 2050. The number of hydrogen-bond acceptors (Lipinski definition) is 13. The number of carbonyl (C=O) groups is 2. The highest BCUT2D eigenvalue weighted by molar-refractivity contribution is 8.77. The molecule has 2 aromatic rings. The van der Waals surface area contributed by atoms with Crippen molar-refractivity contribution in [3.63, 3.8) is 0 Å². The zero-order chi connectivity index (χ0) is 45.2. The molecule has 1 saturated heterocycles. The summed E-state index contributed by atoms with van der Waals surface area (Å²) in [7, 11) is 4.11. The van der Waals surface area contributed by atoms with Crippen LogP contribution in [0.1, 0.15) is 164 Å². The number of rotatable bonds is 3. The van der Waals surface area contributed by atoms with Crippen LogP contribution in [-0.2, 0) is 40.1 Å². The van der Waals surface area contributed by atoms with Gasteiger partial charge in [-0.25, -0.2) is 4.98 Å². The normalized spacial score (nSPS) is 33.5. The highest BCUT2D eigenvalue weighted by atomic mass is 33.1. The zero-order valence-corrected chi connectivity index (χ0v) is 40.3. The maximum Gasteiger partial charge on any atom is 0.302 e. The number of aliphatic hydroxyl groups excluding tert-OH is 1. The lowest BCUT2D eigenvalue weighted by molar-refractivity contribution is -0.148. The van der Waals surface area contributed by atoms with E-state index in [-0.39, 0.29) is 40.6 Å². The molecule has 4 aliphatic heterocycles. The summed E-state index contributed by atoms with van der Waals surface area (Å²) in [4.78, 5) is 37.9. The zero-order valence-electron chi connectivity index (χ0n) is 38.7. The number of anilines is 1. The molecule has 2 spiro atoms. The first-order valence-corrected chi connectivity index (χ1v) is 27.4. The number of fused-ring (bicyclic) bond motifs is 14. The lowest BCUT2D eigenvalue weighted by Crippen LogP contribution is -2.55. The van der Waals surface area contributed by atoms with E-state index in [1.54, 1.807) is 6.20 Å². The molecule has 6 atom stereocenters. The van der Waals surface area contributed by atoms with Gasteiger partial charge in [0.15, 0.2) is 17.5 Å². The van der Waals surface area contributed by atoms with E-state index in [1.807, 2.05) is 27.8 Å². The van der Waals surface area contributed by atoms with Gasteiger partial charge in [0.25, 0.3) is 0 Å². The van der Waals surface area contributed by atoms with Crippen molar-refractivity contribution in [3.05, 3.63) is 46.6 Å². The first kappa shape index (κ1) is 46.7. The van der Waals surface area contributed by atoms with Crippen molar-refractivity contribution in [3.8, 4) is 11.5 Å². The van der Waals surface area contributed by atoms with Crippen molar-refractivity contribution in [2.45, 2.75) is 196 Å². The van der Waals surface area contributed by atoms with E-state index in [1.165, 1.54) is 71.1 Å². The van der Waals surface area contributed by atoms with E-state index in [0.717, 1.165) is 61.6 Å². The summed E-state index contributed by atoms with van der Waals surface area (Å²) >= 11 is 0. The molecule has 356 valence electrons. The van der Waals surface area contributed by atoms with Crippen LogP contribution in [0, 0.1) is 22.7 Å². The number of carbonyl (C=O) groups excluding carboxylic acids is 2. The molecular formula is C51H74N6O6S2. The molecule has 5 fully saturated rings. The van der Waals surface area contributed by atoms with Crippen LogP contribution < -0.4 is 21.5 Å². The van der Waals surface area contributed by atoms with Gasteiger partial charge in [-0.1, -0.05) is 34.4 Å². The van der Waals surface area contributed by atoms with Crippen LogP contribution in [0.4, 0.5) is 5.82 Å². The number of phenols is 1. The number of pyridine rings is 1. The molecule has 10 rings (SSSR count). The number of phenolic OH excluding ortho intramolecular Hbond substituents is 1. The van der Waals surface area contributed by atoms with E-state index in [0.29, 0.717) is 98.2 Å². The predicted octanol–water partition coefficient (Wildman–Crippen LogP) is 8.91. The molecule has 12 nitrogen and oxygen atoms in total. The fraction of sp³-hybridized carbons (Fsp3) is 0.725. The van der Waals surface area contributed by atoms with Gasteiger partial charge in [0.05, 0.1) is 6.10 Å². The number of aromatic nitrogens is 1. The summed E-state index contributed by atoms with van der Waals surface area (Å²) in [6, 6.07) is 5.96. The number of amides is 1. The monoisotopic (exact) mass is 931 g/mol. The fourth-order valence-electron chi connectivity index (χ4n) is 13.4. The standard InChI is InChI=1S/C51H74N6O6S2/c1-33(58)62-40-14-11-37-27-38(46(61)47-42(37)17-12-36-6-4-7-43(36)63-47)31-57-32-49(30-45(57)60,29-35-18-24-54-44(52)26-35)23-25-55-48(53)56-51(22-5-21-50(51)19-2-3-20-50)65-64-41-15-9-34(10-16-41)8-13-39(59)28-40/h18,24,26-27,34,36,39-41,43,59,61H,2-17,19-23,25,28-32H2,1H3,(H2,52,54)(H3,53,55,56)/t34?,36-,39-,40+,41?,43-,49-,51-/m0/s1. The van der Waals surface area contributed by atoms with Gasteiger partial charge in [0.1, 0.15) is 22.9 Å². The van der Waals surface area contributed by atoms with E-state index in [4.69, 9.17) is 25.9 Å². The Morgan fingerprint density at radius 3 is 2.55 bits per heavy atom. The van der Waals surface area contributed by atoms with E-state index in [2.05, 4.69) is 27.2 Å². The van der Waals surface area contributed by atoms with E-state index < -0.39 is 17.6 Å². The number of aliphatic hydroxyl groups is 1. The number of aryl methyl sites for hydroxylation is 1. The van der Waals surface area contributed by atoms with Crippen LogP contribution in [0.3, 0.4) is 0 Å². The topological polar surface area (TPSA) is 186 Å². The van der Waals surface area contributed by atoms with Gasteiger partial charge in [-0.3, -0.25) is 14.6 Å². The van der Waals surface area contributed by atoms with E-state index in [9.17, 15) is 19.8 Å². The largest absolute Gasteiger partial charge is 0.504 e. The van der Waals surface area contributed by atoms with Gasteiger partial charge in [0, 0.05) is 72.8 Å². The molecule has 0 unspecified atom stereocenters. The maximum atomic E-state index is 14.3. The second-order valence-corrected chi connectivity index (χ2v) is 24.1. The summed E-state index contributed by atoms with van der Waals surface area (Å²) in [5, 5.41) is 28.1. The van der Waals surface area contributed by atoms with E-state index >= 15 is 0 Å². The summed E-state index contributed by atoms with van der Waals surface area (Å²) < 4.78 is 12.7. The predicted molar refractivity (Wildman–Crippen MR) is 259 cm³/mol. The van der Waals surface area contributed by atoms with Gasteiger partial charge < -0.3 is 41.4 Å². The van der Waals surface area contributed by atoms with Gasteiger partial charge in [-0.15, -0.1) is 0 Å². The molecule has 6 bridgehead atoms. The third kappa shape index (κ3) is 10.5. The average Bonchev–Trinajstić information content (AvgIpc) is 4.05. The molecule has 8 aliphatic rings. The van der Waals surface area contributed by atoms with Crippen LogP contribution in [-0.4, -0.2) is 79.5 Å². The van der Waals surface area contributed by atoms with Crippen LogP contribution >= 0.6 is 21.6 Å². The number of aromatic hydroxyl groups is 1. The number of esters is 1. The molecule has 65 heavy (non-hydrogen) atoms. The van der Waals surface area contributed by atoms with Crippen LogP contribution in [0.25, 0.3) is 0 Å². The highest BCUT2D eigenvalue weighted by Crippen LogP contribution is 2.64. The molecule has 5 heterocycles. The van der Waals surface area contributed by atoms with Gasteiger partial charge >= 0.3 is 5.97 Å². The number of nitrogens with zero attached hydrogens (tertiary/aromatic N) is 3. The molecule has 1 aromatic heterocycles. The summed E-state index contributed by atoms with van der Waals surface area (Å²) in [6.07, 6.45) is 23.7. The molecule has 4 saturated carbocycles. The molecule has 4 aliphatic carbocycles. The fourth-order valence-corrected chi connectivity index (χ4v) is 17.4. The first-order chi connectivity index (χ1) is 31.4. The number of nitrogens with two attached hydrogens (primary N) is 2. The van der Waals surface area contributed by atoms with Gasteiger partial charge in [0.2, 0.25) is 5.91 Å². The molecular weight excluding hydrogens is 857 g/mol. The van der Waals surface area contributed by atoms with Crippen LogP contribution in [0.5, 0.6) is 11.5 Å². The highest BCUT2D eigenvalue weighted by Gasteiger charge is 2.57. The minimum Gasteiger partial charge on any atom is -0.504 e. The summed E-state index contributed by atoms with van der Waals surface area (Å²) in [5.41, 5.74) is 16.7. The maximum absolute atomic E-state index is 14.3. The van der Waals surface area contributed by atoms with Gasteiger partial charge in [-0.05, 0) is 170 Å². The Kier molecular flexibility index (Phi) is 14.4. The number of ether oxygens (including phenoxy) is 2. The quantitative estimate of drug-likeness (QED) is 0.146. The third-order valence-electron chi connectivity index (χ3n) is 16.8. The number of hydrogen-bond donors (Lipinski definition) is 5. The number of guanidine groups is 1. The smallest absolute Gasteiger partial charge is 0.302 e.